The summed E-state index contributed by atoms with van der Waals surface area (Å²) in [6.45, 7) is 0. The predicted octanol–water partition coefficient (Wildman–Crippen LogP) is 2.57. The number of carbonyl (C=O) groups excluding carboxylic acids is 1. The zero-order valence-corrected chi connectivity index (χ0v) is 10.7. The standard InChI is InChI=1S/C12H9N3O3S/c1-17-12(16)18-11-8(13)9-10(19-11)15-7-5-3-2-4-6(7)14-9/h2-5H,13H2,1H3. The molecule has 2 heterocycles. The Balaban J connectivity index is 2.19. The van der Waals surface area contributed by atoms with Crippen molar-refractivity contribution in [2.24, 2.45) is 0 Å². The van der Waals surface area contributed by atoms with E-state index in [-0.39, 0.29) is 5.06 Å². The van der Waals surface area contributed by atoms with Crippen LogP contribution in [0.4, 0.5) is 10.5 Å². The van der Waals surface area contributed by atoms with E-state index in [1.165, 1.54) is 7.11 Å². The molecule has 19 heavy (non-hydrogen) atoms. The Bertz CT molecular complexity index is 784. The topological polar surface area (TPSA) is 87.3 Å². The summed E-state index contributed by atoms with van der Waals surface area (Å²) < 4.78 is 9.39. The molecule has 0 fully saturated rings. The Morgan fingerprint density at radius 1 is 1.26 bits per heavy atom. The van der Waals surface area contributed by atoms with Crippen LogP contribution in [0, 0.1) is 0 Å². The largest absolute Gasteiger partial charge is 0.514 e. The Labute approximate surface area is 111 Å². The number of rotatable bonds is 1. The second kappa shape index (κ2) is 4.36. The molecule has 3 rings (SSSR count). The smallest absolute Gasteiger partial charge is 0.437 e. The van der Waals surface area contributed by atoms with Gasteiger partial charge in [-0.05, 0) is 12.1 Å². The van der Waals surface area contributed by atoms with Gasteiger partial charge in [-0.3, -0.25) is 0 Å². The van der Waals surface area contributed by atoms with Crippen LogP contribution in [0.15, 0.2) is 24.3 Å². The molecule has 0 saturated heterocycles. The van der Waals surface area contributed by atoms with E-state index in [0.29, 0.717) is 16.0 Å². The number of nitrogen functional groups attached to an aromatic ring is 1. The van der Waals surface area contributed by atoms with Gasteiger partial charge >= 0.3 is 6.16 Å². The van der Waals surface area contributed by atoms with E-state index < -0.39 is 6.16 Å². The number of nitrogens with two attached hydrogens (primary N) is 1. The number of benzene rings is 1. The van der Waals surface area contributed by atoms with Crippen LogP contribution < -0.4 is 10.5 Å². The minimum Gasteiger partial charge on any atom is -0.437 e. The van der Waals surface area contributed by atoms with Crippen LogP contribution in [-0.2, 0) is 4.74 Å². The van der Waals surface area contributed by atoms with Gasteiger partial charge in [0, 0.05) is 0 Å². The van der Waals surface area contributed by atoms with Gasteiger partial charge in [0.05, 0.1) is 18.1 Å². The highest BCUT2D eigenvalue weighted by atomic mass is 32.1. The molecule has 96 valence electrons. The Kier molecular flexibility index (Phi) is 2.68. The Morgan fingerprint density at radius 2 is 1.95 bits per heavy atom. The molecule has 3 aromatic rings. The minimum absolute atomic E-state index is 0.247. The summed E-state index contributed by atoms with van der Waals surface area (Å²) in [5.41, 5.74) is 8.24. The van der Waals surface area contributed by atoms with Crippen LogP contribution in [0.5, 0.6) is 5.06 Å². The molecule has 2 aromatic heterocycles. The number of carbonyl (C=O) groups is 1. The molecular weight excluding hydrogens is 266 g/mol. The molecule has 1 aromatic carbocycles. The van der Waals surface area contributed by atoms with E-state index in [0.717, 1.165) is 22.4 Å². The van der Waals surface area contributed by atoms with Crippen molar-refractivity contribution in [3.8, 4) is 5.06 Å². The summed E-state index contributed by atoms with van der Waals surface area (Å²) in [4.78, 5) is 20.6. The SMILES string of the molecule is COC(=O)Oc1sc2nc3ccccc3nc2c1N. The summed E-state index contributed by atoms with van der Waals surface area (Å²) in [5, 5.41) is 0.247. The molecule has 0 aliphatic carbocycles. The van der Waals surface area contributed by atoms with E-state index in [2.05, 4.69) is 14.7 Å². The average Bonchev–Trinajstić information content (AvgIpc) is 2.72. The first-order valence-corrected chi connectivity index (χ1v) is 6.21. The van der Waals surface area contributed by atoms with E-state index in [9.17, 15) is 4.79 Å². The number of para-hydroxylation sites is 2. The normalized spacial score (nSPS) is 10.8. The second-order valence-corrected chi connectivity index (χ2v) is 4.69. The van der Waals surface area contributed by atoms with E-state index in [4.69, 9.17) is 10.5 Å². The minimum atomic E-state index is -0.817. The number of hydrogen-bond donors (Lipinski definition) is 1. The quantitative estimate of drug-likeness (QED) is 0.687. The van der Waals surface area contributed by atoms with Gasteiger partial charge in [0.1, 0.15) is 16.0 Å². The monoisotopic (exact) mass is 275 g/mol. The van der Waals surface area contributed by atoms with Crippen LogP contribution in [0.3, 0.4) is 0 Å². The molecule has 6 nitrogen and oxygen atoms in total. The third-order valence-electron chi connectivity index (χ3n) is 2.55. The van der Waals surface area contributed by atoms with Crippen molar-refractivity contribution in [1.29, 1.82) is 0 Å². The molecule has 0 aliphatic rings. The van der Waals surface area contributed by atoms with Crippen molar-refractivity contribution in [3.63, 3.8) is 0 Å². The van der Waals surface area contributed by atoms with E-state index >= 15 is 0 Å². The zero-order valence-electron chi connectivity index (χ0n) is 9.91. The fourth-order valence-electron chi connectivity index (χ4n) is 1.66. The third kappa shape index (κ3) is 1.93. The first-order chi connectivity index (χ1) is 9.19. The van der Waals surface area contributed by atoms with Gasteiger partial charge in [0.2, 0.25) is 5.06 Å². The molecule has 0 aliphatic heterocycles. The maximum atomic E-state index is 11.1. The van der Waals surface area contributed by atoms with Gasteiger partial charge in [0.15, 0.2) is 0 Å². The number of ether oxygens (including phenoxy) is 2. The fourth-order valence-corrected chi connectivity index (χ4v) is 2.55. The summed E-state index contributed by atoms with van der Waals surface area (Å²) in [7, 11) is 1.23. The molecule has 2 N–H and O–H groups in total. The molecule has 0 unspecified atom stereocenters. The van der Waals surface area contributed by atoms with Gasteiger partial charge < -0.3 is 15.2 Å². The van der Waals surface area contributed by atoms with Crippen LogP contribution in [0.1, 0.15) is 0 Å². The predicted molar refractivity (Wildman–Crippen MR) is 72.4 cm³/mol. The van der Waals surface area contributed by atoms with Gasteiger partial charge in [-0.1, -0.05) is 23.5 Å². The number of methoxy groups -OCH3 is 1. The molecular formula is C12H9N3O3S. The number of thiophene rings is 1. The zero-order chi connectivity index (χ0) is 13.4. The number of fused-ring (bicyclic) bond motifs is 2. The fraction of sp³-hybridized carbons (Fsp3) is 0.0833. The summed E-state index contributed by atoms with van der Waals surface area (Å²) in [5.74, 6) is 0. The van der Waals surface area contributed by atoms with Crippen molar-refractivity contribution >= 4 is 44.6 Å². The molecule has 0 spiro atoms. The molecule has 0 amide bonds. The van der Waals surface area contributed by atoms with Gasteiger partial charge in [-0.15, -0.1) is 0 Å². The van der Waals surface area contributed by atoms with Crippen molar-refractivity contribution in [2.75, 3.05) is 12.8 Å². The van der Waals surface area contributed by atoms with Crippen LogP contribution >= 0.6 is 11.3 Å². The maximum Gasteiger partial charge on any atom is 0.514 e. The number of anilines is 1. The number of aromatic nitrogens is 2. The van der Waals surface area contributed by atoms with Gasteiger partial charge in [-0.2, -0.15) is 0 Å². The summed E-state index contributed by atoms with van der Waals surface area (Å²) in [6.07, 6.45) is -0.817. The second-order valence-electron chi connectivity index (χ2n) is 3.73. The highest BCUT2D eigenvalue weighted by Gasteiger charge is 2.17. The van der Waals surface area contributed by atoms with Crippen molar-refractivity contribution in [1.82, 2.24) is 9.97 Å². The number of hydrogen-bond acceptors (Lipinski definition) is 7. The molecule has 0 radical (unpaired) electrons. The highest BCUT2D eigenvalue weighted by Crippen LogP contribution is 2.38. The average molecular weight is 275 g/mol. The number of nitrogens with zero attached hydrogens (tertiary/aromatic N) is 2. The lowest BCUT2D eigenvalue weighted by Crippen LogP contribution is -2.07. The van der Waals surface area contributed by atoms with Gasteiger partial charge in [-0.25, -0.2) is 14.8 Å². The van der Waals surface area contributed by atoms with Crippen molar-refractivity contribution in [3.05, 3.63) is 24.3 Å². The van der Waals surface area contributed by atoms with Crippen molar-refractivity contribution in [2.45, 2.75) is 0 Å². The van der Waals surface area contributed by atoms with Crippen LogP contribution in [-0.4, -0.2) is 23.2 Å². The maximum absolute atomic E-state index is 11.1. The van der Waals surface area contributed by atoms with E-state index in [1.807, 2.05) is 24.3 Å². The lowest BCUT2D eigenvalue weighted by atomic mass is 10.3. The summed E-state index contributed by atoms with van der Waals surface area (Å²) >= 11 is 1.16. The lowest BCUT2D eigenvalue weighted by Gasteiger charge is -1.99. The molecule has 0 atom stereocenters. The third-order valence-corrected chi connectivity index (χ3v) is 3.51. The Morgan fingerprint density at radius 3 is 2.63 bits per heavy atom. The van der Waals surface area contributed by atoms with Crippen LogP contribution in [0.25, 0.3) is 21.4 Å². The van der Waals surface area contributed by atoms with Crippen LogP contribution in [0.2, 0.25) is 0 Å². The molecule has 0 bridgehead atoms. The highest BCUT2D eigenvalue weighted by molar-refractivity contribution is 7.21. The van der Waals surface area contributed by atoms with Gasteiger partial charge in [0.25, 0.3) is 0 Å². The molecule has 0 saturated carbocycles. The first kappa shape index (κ1) is 11.7. The molecule has 7 heteroatoms. The van der Waals surface area contributed by atoms with Crippen molar-refractivity contribution < 1.29 is 14.3 Å². The first-order valence-electron chi connectivity index (χ1n) is 5.39. The summed E-state index contributed by atoms with van der Waals surface area (Å²) in [6, 6.07) is 7.46. The lowest BCUT2D eigenvalue weighted by molar-refractivity contribution is 0.123. The Hall–Kier alpha value is -2.41. The van der Waals surface area contributed by atoms with E-state index in [1.54, 1.807) is 0 Å².